The summed E-state index contributed by atoms with van der Waals surface area (Å²) in [5, 5.41) is 11.6. The summed E-state index contributed by atoms with van der Waals surface area (Å²) in [4.78, 5) is 37.6. The Morgan fingerprint density at radius 2 is 1.53 bits per heavy atom. The molecule has 0 spiro atoms. The summed E-state index contributed by atoms with van der Waals surface area (Å²) in [7, 11) is -0.887. The van der Waals surface area contributed by atoms with E-state index in [2.05, 4.69) is 53.0 Å². The lowest BCUT2D eigenvalue weighted by Crippen LogP contribution is -2.63. The number of rotatable bonds is 4. The third kappa shape index (κ3) is 5.97. The van der Waals surface area contributed by atoms with Crippen LogP contribution >= 0.6 is 0 Å². The van der Waals surface area contributed by atoms with Crippen LogP contribution in [0.4, 0.5) is 9.59 Å². The molecule has 1 fully saturated rings. The number of amides is 2. The average molecular weight is 469 g/mol. The van der Waals surface area contributed by atoms with Gasteiger partial charge in [0.2, 0.25) is 0 Å². The number of hydrogen-bond donors (Lipinski definition) is 1. The maximum absolute atomic E-state index is 12.7. The van der Waals surface area contributed by atoms with Gasteiger partial charge in [-0.2, -0.15) is 5.01 Å². The molecule has 1 rings (SSSR count). The Labute approximate surface area is 193 Å². The van der Waals surface area contributed by atoms with Crippen LogP contribution in [0.3, 0.4) is 0 Å². The van der Waals surface area contributed by atoms with E-state index in [0.29, 0.717) is 23.0 Å². The van der Waals surface area contributed by atoms with E-state index in [1.807, 2.05) is 0 Å². The van der Waals surface area contributed by atoms with Gasteiger partial charge >= 0.3 is 18.2 Å². The standard InChI is InChI=1S/C23H40N2O6Si/c1-15(2)32(16(3)4,17(5)6)14-12-18-11-13-24(22(29)31-23(7,8)9)25(21(27)28)19(18)20(26)30-10/h15-19H,11,13H2,1-10H3,(H,27,28). The highest BCUT2D eigenvalue weighted by Gasteiger charge is 2.48. The minimum Gasteiger partial charge on any atom is -0.467 e. The molecule has 0 radical (unpaired) electrons. The summed E-state index contributed by atoms with van der Waals surface area (Å²) in [5.74, 6) is 1.96. The van der Waals surface area contributed by atoms with Crippen LogP contribution in [0.2, 0.25) is 16.6 Å². The normalized spacial score (nSPS) is 19.7. The first-order valence-corrected chi connectivity index (χ1v) is 13.5. The fourth-order valence-electron chi connectivity index (χ4n) is 4.75. The molecule has 2 unspecified atom stereocenters. The predicted molar refractivity (Wildman–Crippen MR) is 126 cm³/mol. The number of nitrogens with zero attached hydrogens (tertiary/aromatic N) is 2. The minimum atomic E-state index is -2.09. The first-order chi connectivity index (χ1) is 14.6. The quantitative estimate of drug-likeness (QED) is 0.358. The predicted octanol–water partition coefficient (Wildman–Crippen LogP) is 4.90. The molecular formula is C23H40N2O6Si. The number of carboxylic acid groups (broad SMARTS) is 1. The molecule has 0 aromatic heterocycles. The van der Waals surface area contributed by atoms with Crippen molar-refractivity contribution in [2.45, 2.75) is 97.0 Å². The van der Waals surface area contributed by atoms with E-state index in [0.717, 1.165) is 10.0 Å². The number of hydrogen-bond acceptors (Lipinski definition) is 5. The van der Waals surface area contributed by atoms with Crippen LogP contribution in [0.1, 0.15) is 68.7 Å². The number of carbonyl (C=O) groups is 3. The molecule has 2 amide bonds. The molecule has 0 aliphatic carbocycles. The molecule has 1 aliphatic rings. The van der Waals surface area contributed by atoms with Gasteiger partial charge in [-0.15, -0.1) is 11.5 Å². The van der Waals surface area contributed by atoms with E-state index in [-0.39, 0.29) is 6.54 Å². The Morgan fingerprint density at radius 1 is 1.03 bits per heavy atom. The van der Waals surface area contributed by atoms with Gasteiger partial charge in [-0.05, 0) is 43.8 Å². The lowest BCUT2D eigenvalue weighted by molar-refractivity contribution is -0.159. The molecule has 1 saturated heterocycles. The van der Waals surface area contributed by atoms with Gasteiger partial charge in [-0.1, -0.05) is 41.5 Å². The summed E-state index contributed by atoms with van der Waals surface area (Å²) >= 11 is 0. The maximum Gasteiger partial charge on any atom is 0.429 e. The van der Waals surface area contributed by atoms with Crippen LogP contribution in [0, 0.1) is 17.4 Å². The Hall–Kier alpha value is -2.21. The Morgan fingerprint density at radius 3 is 1.91 bits per heavy atom. The molecule has 1 heterocycles. The molecule has 1 aliphatic heterocycles. The molecule has 9 heteroatoms. The topological polar surface area (TPSA) is 96.4 Å². The number of esters is 1. The molecule has 32 heavy (non-hydrogen) atoms. The van der Waals surface area contributed by atoms with Gasteiger partial charge in [0.05, 0.1) is 13.0 Å². The second kappa shape index (κ2) is 10.6. The van der Waals surface area contributed by atoms with Gasteiger partial charge in [0.1, 0.15) is 13.7 Å². The van der Waals surface area contributed by atoms with E-state index >= 15 is 0 Å². The first-order valence-electron chi connectivity index (χ1n) is 11.2. The van der Waals surface area contributed by atoms with Gasteiger partial charge < -0.3 is 14.6 Å². The van der Waals surface area contributed by atoms with Gasteiger partial charge in [0, 0.05) is 6.54 Å². The zero-order valence-electron chi connectivity index (χ0n) is 21.2. The average Bonchev–Trinajstić information content (AvgIpc) is 2.64. The highest BCUT2D eigenvalue weighted by atomic mass is 28.3. The fraction of sp³-hybridized carbons (Fsp3) is 0.783. The van der Waals surface area contributed by atoms with Crippen LogP contribution in [-0.4, -0.2) is 66.7 Å². The van der Waals surface area contributed by atoms with Crippen molar-refractivity contribution < 1.29 is 29.0 Å². The van der Waals surface area contributed by atoms with Crippen molar-refractivity contribution in [3.05, 3.63) is 0 Å². The molecule has 8 nitrogen and oxygen atoms in total. The van der Waals surface area contributed by atoms with E-state index in [4.69, 9.17) is 9.47 Å². The van der Waals surface area contributed by atoms with Gasteiger partial charge in [0.25, 0.3) is 0 Å². The van der Waals surface area contributed by atoms with E-state index in [9.17, 15) is 19.5 Å². The monoisotopic (exact) mass is 468 g/mol. The number of ether oxygens (including phenoxy) is 2. The zero-order chi connectivity index (χ0) is 25.0. The van der Waals surface area contributed by atoms with E-state index in [1.54, 1.807) is 20.8 Å². The Balaban J connectivity index is 3.49. The minimum absolute atomic E-state index is 0.0770. The summed E-state index contributed by atoms with van der Waals surface area (Å²) in [6, 6.07) is -1.25. The zero-order valence-corrected chi connectivity index (χ0v) is 22.2. The van der Waals surface area contributed by atoms with Crippen molar-refractivity contribution in [3.63, 3.8) is 0 Å². The molecule has 0 aromatic rings. The Bertz CT molecular complexity index is 741. The van der Waals surface area contributed by atoms with Gasteiger partial charge in [0.15, 0.2) is 6.04 Å². The lowest BCUT2D eigenvalue weighted by atomic mass is 9.94. The third-order valence-electron chi connectivity index (χ3n) is 6.14. The summed E-state index contributed by atoms with van der Waals surface area (Å²) in [6.07, 6.45) is -1.91. The molecule has 0 aromatic carbocycles. The molecule has 2 atom stereocenters. The highest BCUT2D eigenvalue weighted by Crippen LogP contribution is 2.41. The van der Waals surface area contributed by atoms with E-state index in [1.165, 1.54) is 7.11 Å². The molecule has 1 N–H and O–H groups in total. The summed E-state index contributed by atoms with van der Waals surface area (Å²) < 4.78 is 10.3. The highest BCUT2D eigenvalue weighted by molar-refractivity contribution is 6.90. The van der Waals surface area contributed by atoms with Crippen LogP contribution < -0.4 is 0 Å². The smallest absolute Gasteiger partial charge is 0.429 e. The van der Waals surface area contributed by atoms with Crippen LogP contribution in [0.25, 0.3) is 0 Å². The van der Waals surface area contributed by atoms with Gasteiger partial charge in [-0.25, -0.2) is 19.4 Å². The van der Waals surface area contributed by atoms with Crippen molar-refractivity contribution in [2.75, 3.05) is 13.7 Å². The molecule has 182 valence electrons. The van der Waals surface area contributed by atoms with Gasteiger partial charge in [-0.3, -0.25) is 0 Å². The van der Waals surface area contributed by atoms with Crippen LogP contribution in [0.15, 0.2) is 0 Å². The molecular weight excluding hydrogens is 428 g/mol. The fourth-order valence-corrected chi connectivity index (χ4v) is 10.1. The van der Waals surface area contributed by atoms with Crippen molar-refractivity contribution in [1.29, 1.82) is 0 Å². The largest absolute Gasteiger partial charge is 0.467 e. The second-order valence-corrected chi connectivity index (χ2v) is 15.8. The summed E-state index contributed by atoms with van der Waals surface area (Å²) in [6.45, 7) is 18.3. The maximum atomic E-state index is 12.7. The summed E-state index contributed by atoms with van der Waals surface area (Å²) in [5.41, 5.74) is 3.95. The second-order valence-electron chi connectivity index (χ2n) is 10.3. The lowest BCUT2D eigenvalue weighted by Gasteiger charge is -2.43. The number of carbonyl (C=O) groups excluding carboxylic acids is 2. The van der Waals surface area contributed by atoms with Crippen LogP contribution in [-0.2, 0) is 14.3 Å². The van der Waals surface area contributed by atoms with Crippen LogP contribution in [0.5, 0.6) is 0 Å². The van der Waals surface area contributed by atoms with Crippen molar-refractivity contribution >= 4 is 26.2 Å². The molecule has 0 saturated carbocycles. The van der Waals surface area contributed by atoms with Crippen molar-refractivity contribution in [3.8, 4) is 11.5 Å². The number of hydrazine groups is 1. The van der Waals surface area contributed by atoms with E-state index < -0.39 is 43.8 Å². The Kier molecular flexibility index (Phi) is 9.22. The SMILES string of the molecule is COC(=O)C1C(C#C[Si](C(C)C)(C(C)C)C(C)C)CCN(C(=O)OC(C)(C)C)N1C(=O)O. The first kappa shape index (κ1) is 27.8. The number of methoxy groups -OCH3 is 1. The molecule has 0 bridgehead atoms. The van der Waals surface area contributed by atoms with Crippen molar-refractivity contribution in [1.82, 2.24) is 10.0 Å². The third-order valence-corrected chi connectivity index (χ3v) is 12.4. The van der Waals surface area contributed by atoms with Crippen molar-refractivity contribution in [2.24, 2.45) is 5.92 Å².